The maximum Gasteiger partial charge on any atom is 0.0518 e. The minimum Gasteiger partial charge on any atom is -0.379 e. The fourth-order valence-corrected chi connectivity index (χ4v) is 2.86. The van der Waals surface area contributed by atoms with Crippen LogP contribution in [0.1, 0.15) is 59.3 Å². The molecule has 0 bridgehead atoms. The first kappa shape index (κ1) is 16.9. The zero-order valence-corrected chi connectivity index (χ0v) is 13.3. The molecule has 1 saturated heterocycles. The first-order chi connectivity index (χ1) is 9.24. The predicted molar refractivity (Wildman–Crippen MR) is 82.7 cm³/mol. The fourth-order valence-electron chi connectivity index (χ4n) is 2.86. The SMILES string of the molecule is CCC1CCCCCN1CCNCCCOC(C)C. The molecule has 1 rings (SSSR count). The van der Waals surface area contributed by atoms with Crippen molar-refractivity contribution in [2.24, 2.45) is 0 Å². The van der Waals surface area contributed by atoms with Gasteiger partial charge in [0.15, 0.2) is 0 Å². The maximum atomic E-state index is 5.54. The van der Waals surface area contributed by atoms with E-state index in [1.54, 1.807) is 0 Å². The Morgan fingerprint density at radius 3 is 2.79 bits per heavy atom. The summed E-state index contributed by atoms with van der Waals surface area (Å²) in [4.78, 5) is 2.70. The van der Waals surface area contributed by atoms with Gasteiger partial charge in [-0.15, -0.1) is 0 Å². The van der Waals surface area contributed by atoms with Crippen molar-refractivity contribution in [3.05, 3.63) is 0 Å². The van der Waals surface area contributed by atoms with Gasteiger partial charge in [-0.3, -0.25) is 4.90 Å². The topological polar surface area (TPSA) is 24.5 Å². The molecule has 1 heterocycles. The summed E-state index contributed by atoms with van der Waals surface area (Å²) >= 11 is 0. The molecule has 1 N–H and O–H groups in total. The summed E-state index contributed by atoms with van der Waals surface area (Å²) in [5.41, 5.74) is 0. The summed E-state index contributed by atoms with van der Waals surface area (Å²) < 4.78 is 5.54. The van der Waals surface area contributed by atoms with Gasteiger partial charge in [-0.2, -0.15) is 0 Å². The Kier molecular flexibility index (Phi) is 9.48. The van der Waals surface area contributed by atoms with Crippen molar-refractivity contribution in [1.82, 2.24) is 10.2 Å². The second-order valence-electron chi connectivity index (χ2n) is 5.97. The molecule has 114 valence electrons. The van der Waals surface area contributed by atoms with Crippen LogP contribution >= 0.6 is 0 Å². The van der Waals surface area contributed by atoms with E-state index in [1.165, 1.54) is 45.2 Å². The minimum atomic E-state index is 0.363. The minimum absolute atomic E-state index is 0.363. The molecule has 0 spiro atoms. The lowest BCUT2D eigenvalue weighted by Crippen LogP contribution is -2.39. The van der Waals surface area contributed by atoms with Crippen LogP contribution in [0.2, 0.25) is 0 Å². The normalized spacial score (nSPS) is 21.8. The van der Waals surface area contributed by atoms with Gasteiger partial charge in [0.25, 0.3) is 0 Å². The van der Waals surface area contributed by atoms with Crippen LogP contribution in [0.4, 0.5) is 0 Å². The van der Waals surface area contributed by atoms with E-state index in [0.29, 0.717) is 6.10 Å². The Bertz CT molecular complexity index is 209. The molecule has 0 aromatic heterocycles. The summed E-state index contributed by atoms with van der Waals surface area (Å²) in [5.74, 6) is 0. The number of likely N-dealkylation sites (tertiary alicyclic amines) is 1. The van der Waals surface area contributed by atoms with Gasteiger partial charge in [-0.1, -0.05) is 19.8 Å². The third kappa shape index (κ3) is 7.91. The second-order valence-corrected chi connectivity index (χ2v) is 5.97. The molecular formula is C16H34N2O. The molecular weight excluding hydrogens is 236 g/mol. The summed E-state index contributed by atoms with van der Waals surface area (Å²) in [6, 6.07) is 0.827. The quantitative estimate of drug-likeness (QED) is 0.652. The van der Waals surface area contributed by atoms with E-state index in [-0.39, 0.29) is 0 Å². The molecule has 1 fully saturated rings. The van der Waals surface area contributed by atoms with E-state index >= 15 is 0 Å². The van der Waals surface area contributed by atoms with Gasteiger partial charge in [0.2, 0.25) is 0 Å². The Labute approximate surface area is 120 Å². The summed E-state index contributed by atoms with van der Waals surface area (Å²) in [6.07, 6.45) is 8.43. The first-order valence-corrected chi connectivity index (χ1v) is 8.30. The molecule has 3 heteroatoms. The van der Waals surface area contributed by atoms with Crippen molar-refractivity contribution in [3.63, 3.8) is 0 Å². The maximum absolute atomic E-state index is 5.54. The molecule has 3 nitrogen and oxygen atoms in total. The molecule has 0 saturated carbocycles. The van der Waals surface area contributed by atoms with Gasteiger partial charge in [-0.25, -0.2) is 0 Å². The number of hydrogen-bond donors (Lipinski definition) is 1. The van der Waals surface area contributed by atoms with Crippen molar-refractivity contribution in [2.45, 2.75) is 71.4 Å². The van der Waals surface area contributed by atoms with Crippen LogP contribution in [-0.4, -0.2) is 49.8 Å². The third-order valence-electron chi connectivity index (χ3n) is 4.00. The lowest BCUT2D eigenvalue weighted by Gasteiger charge is -2.29. The highest BCUT2D eigenvalue weighted by atomic mass is 16.5. The summed E-state index contributed by atoms with van der Waals surface area (Å²) in [6.45, 7) is 12.1. The van der Waals surface area contributed by atoms with Gasteiger partial charge in [-0.05, 0) is 52.6 Å². The number of nitrogens with zero attached hydrogens (tertiary/aromatic N) is 1. The molecule has 0 amide bonds. The van der Waals surface area contributed by atoms with Crippen LogP contribution < -0.4 is 5.32 Å². The lowest BCUT2D eigenvalue weighted by atomic mass is 10.1. The lowest BCUT2D eigenvalue weighted by molar-refractivity contribution is 0.0769. The van der Waals surface area contributed by atoms with Crippen molar-refractivity contribution in [1.29, 1.82) is 0 Å². The zero-order chi connectivity index (χ0) is 13.9. The van der Waals surface area contributed by atoms with Crippen molar-refractivity contribution < 1.29 is 4.74 Å². The van der Waals surface area contributed by atoms with Crippen LogP contribution in [0.25, 0.3) is 0 Å². The van der Waals surface area contributed by atoms with E-state index in [2.05, 4.69) is 31.0 Å². The number of rotatable bonds is 9. The Balaban J connectivity index is 2.03. The first-order valence-electron chi connectivity index (χ1n) is 8.30. The van der Waals surface area contributed by atoms with Gasteiger partial charge in [0.1, 0.15) is 0 Å². The molecule has 1 aliphatic rings. The highest BCUT2D eigenvalue weighted by Gasteiger charge is 2.18. The number of nitrogens with one attached hydrogen (secondary N) is 1. The highest BCUT2D eigenvalue weighted by molar-refractivity contribution is 4.74. The molecule has 0 radical (unpaired) electrons. The van der Waals surface area contributed by atoms with E-state index < -0.39 is 0 Å². The van der Waals surface area contributed by atoms with E-state index in [0.717, 1.165) is 32.2 Å². The number of hydrogen-bond acceptors (Lipinski definition) is 3. The third-order valence-corrected chi connectivity index (χ3v) is 4.00. The van der Waals surface area contributed by atoms with E-state index in [9.17, 15) is 0 Å². The molecule has 1 unspecified atom stereocenters. The van der Waals surface area contributed by atoms with Crippen LogP contribution in [-0.2, 0) is 4.74 Å². The summed E-state index contributed by atoms with van der Waals surface area (Å²) in [5, 5.41) is 3.55. The average Bonchev–Trinajstić information content (AvgIpc) is 2.62. The largest absolute Gasteiger partial charge is 0.379 e. The average molecular weight is 270 g/mol. The molecule has 0 aliphatic carbocycles. The van der Waals surface area contributed by atoms with Gasteiger partial charge in [0.05, 0.1) is 6.10 Å². The Morgan fingerprint density at radius 1 is 1.21 bits per heavy atom. The fraction of sp³-hybridized carbons (Fsp3) is 1.00. The zero-order valence-electron chi connectivity index (χ0n) is 13.3. The Morgan fingerprint density at radius 2 is 2.05 bits per heavy atom. The molecule has 1 aliphatic heterocycles. The predicted octanol–water partition coefficient (Wildman–Crippen LogP) is 3.05. The molecule has 1 atom stereocenters. The standard InChI is InChI=1S/C16H34N2O/c1-4-16-9-6-5-7-12-18(16)13-11-17-10-8-14-19-15(2)3/h15-17H,4-14H2,1-3H3. The van der Waals surface area contributed by atoms with Gasteiger partial charge >= 0.3 is 0 Å². The second kappa shape index (κ2) is 10.6. The van der Waals surface area contributed by atoms with Crippen LogP contribution in [0, 0.1) is 0 Å². The number of ether oxygens (including phenoxy) is 1. The smallest absolute Gasteiger partial charge is 0.0518 e. The van der Waals surface area contributed by atoms with E-state index in [4.69, 9.17) is 4.74 Å². The molecule has 19 heavy (non-hydrogen) atoms. The van der Waals surface area contributed by atoms with Gasteiger partial charge < -0.3 is 10.1 Å². The van der Waals surface area contributed by atoms with E-state index in [1.807, 2.05) is 0 Å². The van der Waals surface area contributed by atoms with Crippen molar-refractivity contribution in [3.8, 4) is 0 Å². The van der Waals surface area contributed by atoms with Gasteiger partial charge in [0, 0.05) is 25.7 Å². The molecule has 0 aromatic rings. The van der Waals surface area contributed by atoms with Crippen molar-refractivity contribution in [2.75, 3.05) is 32.8 Å². The van der Waals surface area contributed by atoms with Crippen molar-refractivity contribution >= 4 is 0 Å². The molecule has 0 aromatic carbocycles. The van der Waals surface area contributed by atoms with Crippen LogP contribution in [0.5, 0.6) is 0 Å². The van der Waals surface area contributed by atoms with Crippen LogP contribution in [0.15, 0.2) is 0 Å². The summed E-state index contributed by atoms with van der Waals surface area (Å²) in [7, 11) is 0. The Hall–Kier alpha value is -0.120. The van der Waals surface area contributed by atoms with Crippen LogP contribution in [0.3, 0.4) is 0 Å². The highest BCUT2D eigenvalue weighted by Crippen LogP contribution is 2.18. The monoisotopic (exact) mass is 270 g/mol.